The van der Waals surface area contributed by atoms with Gasteiger partial charge in [0.05, 0.1) is 17.1 Å². The van der Waals surface area contributed by atoms with Crippen LogP contribution >= 0.6 is 11.3 Å². The van der Waals surface area contributed by atoms with Gasteiger partial charge in [0.2, 0.25) is 5.91 Å². The summed E-state index contributed by atoms with van der Waals surface area (Å²) in [5.41, 5.74) is 2.83. The molecule has 1 saturated heterocycles. The van der Waals surface area contributed by atoms with E-state index in [-0.39, 0.29) is 11.8 Å². The highest BCUT2D eigenvalue weighted by Gasteiger charge is 2.27. The molecule has 4 heterocycles. The molecule has 0 bridgehead atoms. The lowest BCUT2D eigenvalue weighted by Crippen LogP contribution is -2.26. The van der Waals surface area contributed by atoms with Crippen LogP contribution in [0, 0.1) is 13.8 Å². The Balaban J connectivity index is 1.43. The predicted octanol–water partition coefficient (Wildman–Crippen LogP) is 3.06. The maximum absolute atomic E-state index is 12.6. The van der Waals surface area contributed by atoms with Crippen LogP contribution < -0.4 is 5.32 Å². The first-order valence-electron chi connectivity index (χ1n) is 9.47. The number of rotatable bonds is 5. The number of aromatic nitrogens is 5. The summed E-state index contributed by atoms with van der Waals surface area (Å²) in [6.07, 6.45) is 6.02. The van der Waals surface area contributed by atoms with E-state index in [0.717, 1.165) is 41.0 Å². The summed E-state index contributed by atoms with van der Waals surface area (Å²) in [7, 11) is 1.85. The topological polar surface area (TPSA) is 88.8 Å². The second-order valence-electron chi connectivity index (χ2n) is 7.13. The Bertz CT molecular complexity index is 1050. The van der Waals surface area contributed by atoms with Gasteiger partial charge < -0.3 is 10.2 Å². The lowest BCUT2D eigenvalue weighted by Gasteiger charge is -2.15. The summed E-state index contributed by atoms with van der Waals surface area (Å²) in [4.78, 5) is 28.0. The molecule has 0 saturated carbocycles. The summed E-state index contributed by atoms with van der Waals surface area (Å²) in [6, 6.07) is 3.84. The van der Waals surface area contributed by atoms with Gasteiger partial charge in [0.15, 0.2) is 5.13 Å². The Morgan fingerprint density at radius 1 is 1.31 bits per heavy atom. The number of thiazole rings is 1. The number of carbonyl (C=O) groups is 1. The molecule has 29 heavy (non-hydrogen) atoms. The third-order valence-corrected chi connectivity index (χ3v) is 5.76. The molecule has 1 N–H and O–H groups in total. The van der Waals surface area contributed by atoms with Gasteiger partial charge in [-0.25, -0.2) is 15.0 Å². The van der Waals surface area contributed by atoms with Gasteiger partial charge in [-0.1, -0.05) is 0 Å². The Labute approximate surface area is 173 Å². The van der Waals surface area contributed by atoms with E-state index in [0.29, 0.717) is 12.4 Å². The Morgan fingerprint density at radius 2 is 2.17 bits per heavy atom. The van der Waals surface area contributed by atoms with Crippen molar-refractivity contribution in [3.63, 3.8) is 0 Å². The number of nitrogens with zero attached hydrogens (tertiary/aromatic N) is 6. The number of likely N-dealkylation sites (tertiary alicyclic amines) is 1. The van der Waals surface area contributed by atoms with Crippen molar-refractivity contribution in [1.29, 1.82) is 0 Å². The Kier molecular flexibility index (Phi) is 5.39. The molecular weight excluding hydrogens is 386 g/mol. The van der Waals surface area contributed by atoms with Gasteiger partial charge in [0, 0.05) is 49.8 Å². The second kappa shape index (κ2) is 8.12. The molecule has 1 amide bonds. The molecule has 8 nitrogen and oxygen atoms in total. The standard InChI is InChI=1S/C20H23N7OS/c1-13-12-29-20(22-13)25-18-10-17(23-14(2)24-18)15-7-9-27(11-15)19(28)5-4-16-6-8-21-26(16)3/h4-6,8,10,12,15H,7,9,11H2,1-3H3,(H,22,23,24,25)/b5-4+/t15-/m0/s1. The van der Waals surface area contributed by atoms with Gasteiger partial charge in [0.1, 0.15) is 11.6 Å². The van der Waals surface area contributed by atoms with Gasteiger partial charge in [-0.05, 0) is 32.4 Å². The van der Waals surface area contributed by atoms with Gasteiger partial charge in [-0.2, -0.15) is 5.10 Å². The number of nitrogens with one attached hydrogen (secondary N) is 1. The van der Waals surface area contributed by atoms with E-state index in [1.807, 2.05) is 43.3 Å². The Hall–Kier alpha value is -3.07. The number of aryl methyl sites for hydroxylation is 3. The van der Waals surface area contributed by atoms with Gasteiger partial charge in [0.25, 0.3) is 0 Å². The third-order valence-electron chi connectivity index (χ3n) is 4.89. The minimum absolute atomic E-state index is 0.0103. The average Bonchev–Trinajstić information content (AvgIpc) is 3.41. The minimum Gasteiger partial charge on any atom is -0.338 e. The smallest absolute Gasteiger partial charge is 0.246 e. The fourth-order valence-corrected chi connectivity index (χ4v) is 4.09. The largest absolute Gasteiger partial charge is 0.338 e. The number of amides is 1. The zero-order valence-electron chi connectivity index (χ0n) is 16.7. The summed E-state index contributed by atoms with van der Waals surface area (Å²) in [6.45, 7) is 5.22. The van der Waals surface area contributed by atoms with Crippen LogP contribution in [0.25, 0.3) is 6.08 Å². The molecule has 0 aliphatic carbocycles. The number of anilines is 2. The number of carbonyl (C=O) groups excluding carboxylic acids is 1. The molecule has 9 heteroatoms. The quantitative estimate of drug-likeness (QED) is 0.652. The molecule has 0 radical (unpaired) electrons. The van der Waals surface area contributed by atoms with Crippen molar-refractivity contribution in [2.24, 2.45) is 7.05 Å². The molecule has 1 atom stereocenters. The normalized spacial score (nSPS) is 16.7. The highest BCUT2D eigenvalue weighted by Crippen LogP contribution is 2.28. The van der Waals surface area contributed by atoms with E-state index in [2.05, 4.69) is 25.4 Å². The summed E-state index contributed by atoms with van der Waals surface area (Å²) >= 11 is 1.55. The molecule has 0 aromatic carbocycles. The average molecular weight is 410 g/mol. The van der Waals surface area contributed by atoms with Crippen molar-refractivity contribution in [3.05, 3.63) is 52.7 Å². The molecule has 3 aromatic rings. The van der Waals surface area contributed by atoms with Crippen LogP contribution in [-0.2, 0) is 11.8 Å². The first-order chi connectivity index (χ1) is 14.0. The van der Waals surface area contributed by atoms with Gasteiger partial charge in [-0.15, -0.1) is 11.3 Å². The maximum atomic E-state index is 12.6. The Morgan fingerprint density at radius 3 is 2.90 bits per heavy atom. The third kappa shape index (κ3) is 4.51. The first kappa shape index (κ1) is 19.3. The summed E-state index contributed by atoms with van der Waals surface area (Å²) in [5, 5.41) is 10.2. The van der Waals surface area contributed by atoms with Crippen molar-refractivity contribution in [2.75, 3.05) is 18.4 Å². The van der Waals surface area contributed by atoms with Crippen LogP contribution in [0.15, 0.2) is 29.8 Å². The van der Waals surface area contributed by atoms with Crippen molar-refractivity contribution in [2.45, 2.75) is 26.2 Å². The minimum atomic E-state index is 0.0103. The molecule has 150 valence electrons. The van der Waals surface area contributed by atoms with Crippen LogP contribution in [0.2, 0.25) is 0 Å². The second-order valence-corrected chi connectivity index (χ2v) is 7.99. The van der Waals surface area contributed by atoms with Crippen molar-refractivity contribution >= 4 is 34.3 Å². The molecule has 0 unspecified atom stereocenters. The van der Waals surface area contributed by atoms with Gasteiger partial charge >= 0.3 is 0 Å². The summed E-state index contributed by atoms with van der Waals surface area (Å²) in [5.74, 6) is 1.65. The van der Waals surface area contributed by atoms with Crippen LogP contribution in [-0.4, -0.2) is 48.6 Å². The number of hydrogen-bond acceptors (Lipinski definition) is 7. The molecule has 1 aliphatic rings. The zero-order valence-corrected chi connectivity index (χ0v) is 17.5. The molecule has 3 aromatic heterocycles. The monoisotopic (exact) mass is 409 g/mol. The lowest BCUT2D eigenvalue weighted by atomic mass is 10.0. The summed E-state index contributed by atoms with van der Waals surface area (Å²) < 4.78 is 1.73. The molecule has 0 spiro atoms. The van der Waals surface area contributed by atoms with E-state index < -0.39 is 0 Å². The molecule has 1 aliphatic heterocycles. The fourth-order valence-electron chi connectivity index (χ4n) is 3.40. The van der Waals surface area contributed by atoms with Crippen molar-refractivity contribution in [1.82, 2.24) is 29.6 Å². The zero-order chi connectivity index (χ0) is 20.4. The maximum Gasteiger partial charge on any atom is 0.246 e. The predicted molar refractivity (Wildman–Crippen MR) is 113 cm³/mol. The molecule has 1 fully saturated rings. The van der Waals surface area contributed by atoms with Crippen molar-refractivity contribution < 1.29 is 4.79 Å². The first-order valence-corrected chi connectivity index (χ1v) is 10.4. The SMILES string of the molecule is Cc1csc(Nc2cc([C@H]3CCN(C(=O)/C=C/c4ccnn4C)C3)nc(C)n2)n1. The van der Waals surface area contributed by atoms with Crippen LogP contribution in [0.4, 0.5) is 10.9 Å². The van der Waals surface area contributed by atoms with E-state index in [9.17, 15) is 4.79 Å². The van der Waals surface area contributed by atoms with E-state index in [4.69, 9.17) is 0 Å². The van der Waals surface area contributed by atoms with E-state index in [1.54, 1.807) is 34.4 Å². The van der Waals surface area contributed by atoms with Gasteiger partial charge in [-0.3, -0.25) is 9.48 Å². The van der Waals surface area contributed by atoms with Crippen LogP contribution in [0.5, 0.6) is 0 Å². The number of hydrogen-bond donors (Lipinski definition) is 1. The fraction of sp³-hybridized carbons (Fsp3) is 0.350. The highest BCUT2D eigenvalue weighted by molar-refractivity contribution is 7.13. The molecule has 4 rings (SSSR count). The van der Waals surface area contributed by atoms with Crippen LogP contribution in [0.1, 0.15) is 35.2 Å². The molecular formula is C20H23N7OS. The van der Waals surface area contributed by atoms with Crippen LogP contribution in [0.3, 0.4) is 0 Å². The van der Waals surface area contributed by atoms with Crippen molar-refractivity contribution in [3.8, 4) is 0 Å². The van der Waals surface area contributed by atoms with E-state index in [1.165, 1.54) is 0 Å². The van der Waals surface area contributed by atoms with E-state index >= 15 is 0 Å². The highest BCUT2D eigenvalue weighted by atomic mass is 32.1. The lowest BCUT2D eigenvalue weighted by molar-refractivity contribution is -0.124.